The fourth-order valence-corrected chi connectivity index (χ4v) is 6.89. The SMILES string of the molecule is C[C@H](CS(=O)(=O)CC(F)(F)F)NC(=O)c1cc(NC(=O)C2C(c3cc(Cl)cc(Cl)c3)C2(Cl)Cl)ccc1Cl. The molecule has 1 aliphatic carbocycles. The Hall–Kier alpha value is -1.43. The molecule has 2 unspecified atom stereocenters. The van der Waals surface area contributed by atoms with E-state index in [1.807, 2.05) is 0 Å². The summed E-state index contributed by atoms with van der Waals surface area (Å²) in [5.41, 5.74) is 0.570. The van der Waals surface area contributed by atoms with Crippen LogP contribution in [-0.2, 0) is 14.6 Å². The van der Waals surface area contributed by atoms with Gasteiger partial charge in [-0.1, -0.05) is 34.8 Å². The van der Waals surface area contributed by atoms with E-state index in [2.05, 4.69) is 10.6 Å². The number of amides is 2. The maximum atomic E-state index is 12.9. The van der Waals surface area contributed by atoms with E-state index in [9.17, 15) is 31.2 Å². The third-order valence-corrected chi connectivity index (χ3v) is 8.80. The molecule has 202 valence electrons. The van der Waals surface area contributed by atoms with Crippen LogP contribution >= 0.6 is 58.0 Å². The lowest BCUT2D eigenvalue weighted by molar-refractivity contribution is -0.117. The number of nitrogens with one attached hydrogen (secondary N) is 2. The van der Waals surface area contributed by atoms with Gasteiger partial charge >= 0.3 is 6.18 Å². The van der Waals surface area contributed by atoms with E-state index in [-0.39, 0.29) is 16.3 Å². The number of anilines is 1. The first-order chi connectivity index (χ1) is 16.9. The van der Waals surface area contributed by atoms with E-state index < -0.39 is 61.5 Å². The average molecular weight is 641 g/mol. The van der Waals surface area contributed by atoms with E-state index in [1.54, 1.807) is 12.1 Å². The number of sulfone groups is 1. The second-order valence-corrected chi connectivity index (χ2v) is 13.4. The van der Waals surface area contributed by atoms with Crippen LogP contribution in [0.4, 0.5) is 18.9 Å². The maximum absolute atomic E-state index is 12.9. The third-order valence-electron chi connectivity index (χ3n) is 5.32. The highest BCUT2D eigenvalue weighted by Gasteiger charge is 2.67. The minimum absolute atomic E-state index is 0.0391. The first-order valence-corrected chi connectivity index (χ1v) is 14.1. The summed E-state index contributed by atoms with van der Waals surface area (Å²) in [6.07, 6.45) is -4.90. The van der Waals surface area contributed by atoms with Gasteiger partial charge in [-0.25, -0.2) is 8.42 Å². The van der Waals surface area contributed by atoms with Crippen LogP contribution in [0.1, 0.15) is 28.8 Å². The molecule has 2 amide bonds. The summed E-state index contributed by atoms with van der Waals surface area (Å²) in [7, 11) is -4.52. The zero-order valence-corrected chi connectivity index (χ0v) is 23.3. The van der Waals surface area contributed by atoms with Gasteiger partial charge in [-0.3, -0.25) is 9.59 Å². The Labute approximate surface area is 235 Å². The molecule has 6 nitrogen and oxygen atoms in total. The summed E-state index contributed by atoms with van der Waals surface area (Å²) in [6.45, 7) is 1.24. The first-order valence-electron chi connectivity index (χ1n) is 10.4. The van der Waals surface area contributed by atoms with Gasteiger partial charge in [0.1, 0.15) is 10.1 Å². The van der Waals surface area contributed by atoms with Gasteiger partial charge in [0.25, 0.3) is 5.91 Å². The van der Waals surface area contributed by atoms with Crippen LogP contribution in [0.25, 0.3) is 0 Å². The second kappa shape index (κ2) is 11.0. The van der Waals surface area contributed by atoms with Gasteiger partial charge in [0.05, 0.1) is 22.3 Å². The normalized spacial score (nSPS) is 19.7. The van der Waals surface area contributed by atoms with Gasteiger partial charge in [-0.15, -0.1) is 23.2 Å². The van der Waals surface area contributed by atoms with Gasteiger partial charge in [0.2, 0.25) is 5.91 Å². The van der Waals surface area contributed by atoms with Crippen LogP contribution in [0, 0.1) is 5.92 Å². The molecule has 1 saturated carbocycles. The number of alkyl halides is 5. The molecule has 1 fully saturated rings. The quantitative estimate of drug-likeness (QED) is 0.333. The van der Waals surface area contributed by atoms with Gasteiger partial charge in [-0.05, 0) is 48.9 Å². The van der Waals surface area contributed by atoms with Crippen molar-refractivity contribution in [3.05, 3.63) is 62.6 Å². The number of benzene rings is 2. The third kappa shape index (κ3) is 7.80. The number of hydrogen-bond donors (Lipinski definition) is 2. The molecule has 15 heteroatoms. The first kappa shape index (κ1) is 30.1. The molecule has 2 N–H and O–H groups in total. The highest BCUT2D eigenvalue weighted by atomic mass is 35.5. The summed E-state index contributed by atoms with van der Waals surface area (Å²) in [6, 6.07) is 7.49. The Morgan fingerprint density at radius 2 is 1.65 bits per heavy atom. The fourth-order valence-electron chi connectivity index (χ4n) is 3.85. The largest absolute Gasteiger partial charge is 0.402 e. The van der Waals surface area contributed by atoms with Crippen molar-refractivity contribution in [3.8, 4) is 0 Å². The molecule has 0 radical (unpaired) electrons. The van der Waals surface area contributed by atoms with Gasteiger partial charge in [0, 0.05) is 27.7 Å². The molecular formula is C22H18Cl5F3N2O4S. The van der Waals surface area contributed by atoms with E-state index in [0.717, 1.165) is 0 Å². The van der Waals surface area contributed by atoms with Gasteiger partial charge < -0.3 is 10.6 Å². The van der Waals surface area contributed by atoms with Crippen LogP contribution in [0.2, 0.25) is 15.1 Å². The number of carbonyl (C=O) groups is 2. The summed E-state index contributed by atoms with van der Waals surface area (Å²) in [5, 5.41) is 5.53. The Balaban J connectivity index is 1.70. The lowest BCUT2D eigenvalue weighted by Gasteiger charge is -2.16. The Morgan fingerprint density at radius 3 is 2.22 bits per heavy atom. The summed E-state index contributed by atoms with van der Waals surface area (Å²) in [5.74, 6) is -5.84. The number of carbonyl (C=O) groups excluding carboxylic acids is 2. The Kier molecular flexibility index (Phi) is 8.94. The van der Waals surface area contributed by atoms with Crippen LogP contribution in [0.3, 0.4) is 0 Å². The lowest BCUT2D eigenvalue weighted by Crippen LogP contribution is -2.39. The predicted octanol–water partition coefficient (Wildman–Crippen LogP) is 6.27. The molecule has 0 heterocycles. The van der Waals surface area contributed by atoms with Gasteiger partial charge in [-0.2, -0.15) is 13.2 Å². The highest BCUT2D eigenvalue weighted by molar-refractivity contribution is 7.91. The smallest absolute Gasteiger partial charge is 0.349 e. The van der Waals surface area contributed by atoms with Crippen molar-refractivity contribution in [2.45, 2.75) is 29.4 Å². The molecule has 2 aromatic rings. The van der Waals surface area contributed by atoms with E-state index in [1.165, 1.54) is 31.2 Å². The van der Waals surface area contributed by atoms with E-state index in [4.69, 9.17) is 58.0 Å². The molecular weight excluding hydrogens is 623 g/mol. The minimum atomic E-state index is -4.90. The Morgan fingerprint density at radius 1 is 1.05 bits per heavy atom. The van der Waals surface area contributed by atoms with Crippen molar-refractivity contribution in [2.75, 3.05) is 16.8 Å². The molecule has 0 bridgehead atoms. The maximum Gasteiger partial charge on any atom is 0.402 e. The lowest BCUT2D eigenvalue weighted by atomic mass is 10.1. The molecule has 0 spiro atoms. The van der Waals surface area contributed by atoms with Gasteiger partial charge in [0.15, 0.2) is 9.84 Å². The van der Waals surface area contributed by atoms with Crippen LogP contribution < -0.4 is 10.6 Å². The molecule has 2 aromatic carbocycles. The fraction of sp³-hybridized carbons (Fsp3) is 0.364. The second-order valence-electron chi connectivity index (χ2n) is 8.56. The number of halogens is 8. The molecule has 0 saturated heterocycles. The summed E-state index contributed by atoms with van der Waals surface area (Å²) < 4.78 is 59.4. The number of rotatable bonds is 8. The van der Waals surface area contributed by atoms with Crippen molar-refractivity contribution in [1.82, 2.24) is 5.32 Å². The van der Waals surface area contributed by atoms with Crippen molar-refractivity contribution in [2.24, 2.45) is 5.92 Å². The van der Waals surface area contributed by atoms with Crippen LogP contribution in [0.15, 0.2) is 36.4 Å². The van der Waals surface area contributed by atoms with Crippen LogP contribution in [0.5, 0.6) is 0 Å². The summed E-state index contributed by atoms with van der Waals surface area (Å²) in [4.78, 5) is 25.6. The van der Waals surface area contributed by atoms with E-state index in [0.29, 0.717) is 15.6 Å². The highest BCUT2D eigenvalue weighted by Crippen LogP contribution is 2.65. The molecule has 0 aliphatic heterocycles. The molecule has 0 aromatic heterocycles. The topological polar surface area (TPSA) is 92.3 Å². The number of hydrogen-bond acceptors (Lipinski definition) is 4. The predicted molar refractivity (Wildman–Crippen MR) is 139 cm³/mol. The minimum Gasteiger partial charge on any atom is -0.349 e. The van der Waals surface area contributed by atoms with Crippen molar-refractivity contribution < 1.29 is 31.2 Å². The average Bonchev–Trinajstić information content (AvgIpc) is 3.28. The molecule has 3 atom stereocenters. The van der Waals surface area contributed by atoms with Crippen molar-refractivity contribution >= 4 is 85.3 Å². The summed E-state index contributed by atoms with van der Waals surface area (Å²) >= 11 is 30.8. The monoisotopic (exact) mass is 638 g/mol. The molecule has 37 heavy (non-hydrogen) atoms. The molecule has 1 aliphatic rings. The van der Waals surface area contributed by atoms with Crippen molar-refractivity contribution in [1.29, 1.82) is 0 Å². The van der Waals surface area contributed by atoms with Crippen molar-refractivity contribution in [3.63, 3.8) is 0 Å². The zero-order chi connectivity index (χ0) is 27.9. The van der Waals surface area contributed by atoms with E-state index >= 15 is 0 Å². The van der Waals surface area contributed by atoms with Crippen LogP contribution in [-0.4, -0.2) is 48.3 Å². The standard InChI is InChI=1S/C22H18Cl5F3N2O4S/c1-10(8-37(35,36)9-21(28,29)30)31-19(33)15-7-14(2-3-16(15)25)32-20(34)18-17(22(18,26)27)11-4-12(23)6-13(24)5-11/h2-7,10,17-18H,8-9H2,1H3,(H,31,33)(H,32,34)/t10-,17?,18?/m1/s1. The Bertz CT molecular complexity index is 1320. The molecule has 3 rings (SSSR count). The zero-order valence-electron chi connectivity index (χ0n) is 18.7.